The van der Waals surface area contributed by atoms with Crippen molar-refractivity contribution in [2.75, 3.05) is 19.6 Å². The van der Waals surface area contributed by atoms with E-state index in [4.69, 9.17) is 4.42 Å². The van der Waals surface area contributed by atoms with Crippen LogP contribution in [0.3, 0.4) is 0 Å². The van der Waals surface area contributed by atoms with Crippen molar-refractivity contribution >= 4 is 17.0 Å². The number of nitrogens with zero attached hydrogens (tertiary/aromatic N) is 3. The lowest BCUT2D eigenvalue weighted by atomic mass is 10.1. The van der Waals surface area contributed by atoms with Crippen molar-refractivity contribution in [1.29, 1.82) is 5.26 Å². The Balaban J connectivity index is 1.34. The predicted octanol–water partition coefficient (Wildman–Crippen LogP) is 4.01. The Labute approximate surface area is 209 Å². The van der Waals surface area contributed by atoms with E-state index in [2.05, 4.69) is 28.4 Å². The van der Waals surface area contributed by atoms with Crippen LogP contribution in [0.4, 0.5) is 0 Å². The third-order valence-corrected chi connectivity index (χ3v) is 6.67. The second kappa shape index (κ2) is 10.6. The number of nitrogens with one attached hydrogen (secondary N) is 1. The number of benzene rings is 3. The summed E-state index contributed by atoms with van der Waals surface area (Å²) >= 11 is 0. The van der Waals surface area contributed by atoms with Crippen LogP contribution in [0.15, 0.2) is 82.0 Å². The van der Waals surface area contributed by atoms with E-state index >= 15 is 0 Å². The molecule has 1 aliphatic rings. The molecule has 1 fully saturated rings. The zero-order valence-corrected chi connectivity index (χ0v) is 20.0. The Hall–Kier alpha value is -4.15. The minimum Gasteiger partial charge on any atom is -0.408 e. The minimum atomic E-state index is -0.469. The van der Waals surface area contributed by atoms with Gasteiger partial charge in [-0.2, -0.15) is 5.26 Å². The number of fused-ring (bicyclic) bond motifs is 1. The Bertz CT molecular complexity index is 1460. The quantitative estimate of drug-likeness (QED) is 0.412. The highest BCUT2D eigenvalue weighted by Gasteiger charge is 2.21. The maximum atomic E-state index is 13.1. The van der Waals surface area contributed by atoms with E-state index in [9.17, 15) is 14.9 Å². The summed E-state index contributed by atoms with van der Waals surface area (Å²) in [4.78, 5) is 28.0. The Morgan fingerprint density at radius 1 is 1.00 bits per heavy atom. The molecule has 4 aromatic rings. The van der Waals surface area contributed by atoms with Crippen LogP contribution in [0, 0.1) is 11.3 Å². The summed E-state index contributed by atoms with van der Waals surface area (Å²) in [5.41, 5.74) is 4.35. The van der Waals surface area contributed by atoms with Gasteiger partial charge in [0.2, 0.25) is 5.91 Å². The number of oxazole rings is 1. The SMILES string of the molecule is N#Cc1cccc(Cn2c(=O)oc3ccc(CC(=O)NC(CN4CCCC4)c4ccccc4)cc32)c1. The number of rotatable bonds is 8. The topological polar surface area (TPSA) is 91.3 Å². The van der Waals surface area contributed by atoms with Crippen LogP contribution >= 0.6 is 0 Å². The Kier molecular flexibility index (Phi) is 6.96. The second-order valence-electron chi connectivity index (χ2n) is 9.28. The molecule has 0 spiro atoms. The first-order valence-corrected chi connectivity index (χ1v) is 12.3. The minimum absolute atomic E-state index is 0.0680. The molecule has 182 valence electrons. The highest BCUT2D eigenvalue weighted by molar-refractivity contribution is 5.81. The lowest BCUT2D eigenvalue weighted by Crippen LogP contribution is -2.37. The number of hydrogen-bond acceptors (Lipinski definition) is 5. The van der Waals surface area contributed by atoms with Crippen LogP contribution in [0.2, 0.25) is 0 Å². The first kappa shape index (κ1) is 23.6. The summed E-state index contributed by atoms with van der Waals surface area (Å²) in [6.07, 6.45) is 2.59. The van der Waals surface area contributed by atoms with Gasteiger partial charge in [-0.25, -0.2) is 4.79 Å². The molecule has 3 aromatic carbocycles. The molecular weight excluding hydrogens is 452 g/mol. The number of likely N-dealkylation sites (tertiary alicyclic amines) is 1. The van der Waals surface area contributed by atoms with Crippen molar-refractivity contribution in [3.05, 3.63) is 106 Å². The van der Waals surface area contributed by atoms with Gasteiger partial charge >= 0.3 is 5.76 Å². The predicted molar refractivity (Wildman–Crippen MR) is 137 cm³/mol. The monoisotopic (exact) mass is 480 g/mol. The third-order valence-electron chi connectivity index (χ3n) is 6.67. The van der Waals surface area contributed by atoms with Crippen molar-refractivity contribution in [3.63, 3.8) is 0 Å². The molecule has 36 heavy (non-hydrogen) atoms. The lowest BCUT2D eigenvalue weighted by Gasteiger charge is -2.25. The first-order chi connectivity index (χ1) is 17.6. The van der Waals surface area contributed by atoms with Crippen LogP contribution in [-0.4, -0.2) is 35.0 Å². The van der Waals surface area contributed by atoms with Crippen molar-refractivity contribution in [2.24, 2.45) is 0 Å². The molecule has 1 aromatic heterocycles. The van der Waals surface area contributed by atoms with Crippen molar-refractivity contribution < 1.29 is 9.21 Å². The summed E-state index contributed by atoms with van der Waals surface area (Å²) in [6, 6.07) is 24.7. The molecule has 0 radical (unpaired) electrons. The normalized spacial score (nSPS) is 14.5. The molecule has 1 aliphatic heterocycles. The molecular formula is C29H28N4O3. The van der Waals surface area contributed by atoms with E-state index in [1.165, 1.54) is 17.4 Å². The van der Waals surface area contributed by atoms with Crippen LogP contribution in [0.1, 0.15) is 41.1 Å². The van der Waals surface area contributed by atoms with Gasteiger partial charge < -0.3 is 14.6 Å². The van der Waals surface area contributed by atoms with Gasteiger partial charge in [-0.05, 0) is 66.9 Å². The fraction of sp³-hybridized carbons (Fsp3) is 0.276. The summed E-state index contributed by atoms with van der Waals surface area (Å²) in [5.74, 6) is -0.537. The van der Waals surface area contributed by atoms with E-state index in [1.54, 1.807) is 24.3 Å². The zero-order valence-electron chi connectivity index (χ0n) is 20.0. The number of aromatic nitrogens is 1. The van der Waals surface area contributed by atoms with Gasteiger partial charge in [0.15, 0.2) is 5.58 Å². The van der Waals surface area contributed by atoms with Gasteiger partial charge in [0.1, 0.15) is 0 Å². The van der Waals surface area contributed by atoms with Gasteiger partial charge in [0.05, 0.1) is 36.2 Å². The second-order valence-corrected chi connectivity index (χ2v) is 9.28. The number of amides is 1. The number of hydrogen-bond donors (Lipinski definition) is 1. The molecule has 1 saturated heterocycles. The highest BCUT2D eigenvalue weighted by atomic mass is 16.4. The molecule has 7 heteroatoms. The molecule has 7 nitrogen and oxygen atoms in total. The van der Waals surface area contributed by atoms with Gasteiger partial charge in [-0.1, -0.05) is 48.5 Å². The average Bonchev–Trinajstić information content (AvgIpc) is 3.52. The molecule has 1 amide bonds. The molecule has 1 unspecified atom stereocenters. The Morgan fingerprint density at radius 2 is 1.81 bits per heavy atom. The fourth-order valence-corrected chi connectivity index (χ4v) is 4.86. The molecule has 0 bridgehead atoms. The van der Waals surface area contributed by atoms with Gasteiger partial charge in [0, 0.05) is 6.54 Å². The molecule has 5 rings (SSSR count). The summed E-state index contributed by atoms with van der Waals surface area (Å²) in [6.45, 7) is 3.19. The first-order valence-electron chi connectivity index (χ1n) is 12.3. The van der Waals surface area contributed by atoms with E-state index in [0.717, 1.165) is 36.3 Å². The third kappa shape index (κ3) is 5.40. The molecule has 2 heterocycles. The highest BCUT2D eigenvalue weighted by Crippen LogP contribution is 2.20. The molecule has 1 atom stereocenters. The fourth-order valence-electron chi connectivity index (χ4n) is 4.86. The summed E-state index contributed by atoms with van der Waals surface area (Å²) in [5, 5.41) is 12.4. The lowest BCUT2D eigenvalue weighted by molar-refractivity contribution is -0.121. The van der Waals surface area contributed by atoms with E-state index in [-0.39, 0.29) is 24.9 Å². The average molecular weight is 481 g/mol. The number of carbonyl (C=O) groups is 1. The maximum Gasteiger partial charge on any atom is 0.420 e. The number of nitriles is 1. The maximum absolute atomic E-state index is 13.1. The van der Waals surface area contributed by atoms with Crippen molar-refractivity contribution in [3.8, 4) is 6.07 Å². The molecule has 0 saturated carbocycles. The smallest absolute Gasteiger partial charge is 0.408 e. The zero-order chi connectivity index (χ0) is 24.9. The standard InChI is InChI=1S/C29H28N4O3/c30-18-22-7-6-8-23(15-22)19-33-26-16-21(11-12-27(26)36-29(33)35)17-28(34)31-25(20-32-13-4-5-14-32)24-9-2-1-3-10-24/h1-3,6-12,15-16,25H,4-5,13-14,17,19-20H2,(H,31,34). The van der Waals surface area contributed by atoms with Crippen LogP contribution in [0.5, 0.6) is 0 Å². The van der Waals surface area contributed by atoms with Crippen LogP contribution in [-0.2, 0) is 17.8 Å². The summed E-state index contributed by atoms with van der Waals surface area (Å²) < 4.78 is 6.96. The largest absolute Gasteiger partial charge is 0.420 e. The van der Waals surface area contributed by atoms with Crippen LogP contribution in [0.25, 0.3) is 11.1 Å². The van der Waals surface area contributed by atoms with E-state index in [0.29, 0.717) is 16.7 Å². The van der Waals surface area contributed by atoms with Crippen molar-refractivity contribution in [2.45, 2.75) is 31.8 Å². The van der Waals surface area contributed by atoms with E-state index < -0.39 is 5.76 Å². The Morgan fingerprint density at radius 3 is 2.58 bits per heavy atom. The van der Waals surface area contributed by atoms with Crippen LogP contribution < -0.4 is 11.1 Å². The summed E-state index contributed by atoms with van der Waals surface area (Å²) in [7, 11) is 0. The van der Waals surface area contributed by atoms with Gasteiger partial charge in [-0.15, -0.1) is 0 Å². The van der Waals surface area contributed by atoms with Gasteiger partial charge in [0.25, 0.3) is 0 Å². The molecule has 1 N–H and O–H groups in total. The van der Waals surface area contributed by atoms with E-state index in [1.807, 2.05) is 36.4 Å². The number of carbonyl (C=O) groups excluding carboxylic acids is 1. The van der Waals surface area contributed by atoms with Crippen molar-refractivity contribution in [1.82, 2.24) is 14.8 Å². The van der Waals surface area contributed by atoms with Gasteiger partial charge in [-0.3, -0.25) is 9.36 Å². The molecule has 0 aliphatic carbocycles.